The number of carbonyl (C=O) groups is 1. The van der Waals surface area contributed by atoms with Gasteiger partial charge < -0.3 is 14.7 Å². The van der Waals surface area contributed by atoms with Gasteiger partial charge in [-0.1, -0.05) is 0 Å². The van der Waals surface area contributed by atoms with Gasteiger partial charge in [-0.05, 0) is 18.8 Å². The average molecular weight is 294 g/mol. The fourth-order valence-corrected chi connectivity index (χ4v) is 2.69. The van der Waals surface area contributed by atoms with Crippen LogP contribution in [0.1, 0.15) is 19.3 Å². The van der Waals surface area contributed by atoms with Crippen LogP contribution in [0.5, 0.6) is 5.75 Å². The van der Waals surface area contributed by atoms with Crippen molar-refractivity contribution in [2.75, 3.05) is 25.1 Å². The second-order valence-electron chi connectivity index (χ2n) is 5.20. The fraction of sp³-hybridized carbons (Fsp3) is 0.500. The summed E-state index contributed by atoms with van der Waals surface area (Å²) >= 11 is 0. The molecule has 0 aliphatic carbocycles. The Morgan fingerprint density at radius 1 is 1.52 bits per heavy atom. The number of benzene rings is 1. The number of ether oxygens (including phenoxy) is 1. The van der Waals surface area contributed by atoms with Gasteiger partial charge in [0.1, 0.15) is 5.75 Å². The number of nitro groups is 1. The molecule has 7 nitrogen and oxygen atoms in total. The third-order valence-electron chi connectivity index (χ3n) is 3.67. The number of rotatable bonds is 5. The molecule has 1 unspecified atom stereocenters. The van der Waals surface area contributed by atoms with Gasteiger partial charge in [-0.3, -0.25) is 14.9 Å². The van der Waals surface area contributed by atoms with Gasteiger partial charge in [-0.2, -0.15) is 0 Å². The topological polar surface area (TPSA) is 92.9 Å². The van der Waals surface area contributed by atoms with E-state index in [1.165, 1.54) is 19.2 Å². The van der Waals surface area contributed by atoms with Gasteiger partial charge in [-0.15, -0.1) is 0 Å². The molecule has 1 saturated heterocycles. The number of carboxylic acid groups (broad SMARTS) is 1. The van der Waals surface area contributed by atoms with Crippen LogP contribution in [0.4, 0.5) is 11.4 Å². The molecule has 1 aromatic rings. The lowest BCUT2D eigenvalue weighted by Gasteiger charge is -2.33. The van der Waals surface area contributed by atoms with E-state index in [0.29, 0.717) is 18.0 Å². The molecule has 1 heterocycles. The summed E-state index contributed by atoms with van der Waals surface area (Å²) in [6.45, 7) is 1.36. The Morgan fingerprint density at radius 3 is 2.90 bits per heavy atom. The zero-order valence-corrected chi connectivity index (χ0v) is 11.8. The molecule has 0 aromatic heterocycles. The molecule has 1 atom stereocenters. The molecular weight excluding hydrogens is 276 g/mol. The standard InChI is InChI=1S/C14H18N2O5/c1-21-13-7-11(6-12(8-13)16(19)20)15-4-2-3-10(9-15)5-14(17)18/h6-8,10H,2-5,9H2,1H3,(H,17,18). The van der Waals surface area contributed by atoms with E-state index in [1.54, 1.807) is 6.07 Å². The minimum atomic E-state index is -0.807. The van der Waals surface area contributed by atoms with Crippen molar-refractivity contribution in [3.05, 3.63) is 28.3 Å². The first-order valence-corrected chi connectivity index (χ1v) is 6.80. The summed E-state index contributed by atoms with van der Waals surface area (Å²) in [5, 5.41) is 19.9. The van der Waals surface area contributed by atoms with Crippen molar-refractivity contribution in [3.63, 3.8) is 0 Å². The zero-order valence-electron chi connectivity index (χ0n) is 11.8. The maximum atomic E-state index is 11.0. The number of hydrogen-bond acceptors (Lipinski definition) is 5. The Hall–Kier alpha value is -2.31. The van der Waals surface area contributed by atoms with Gasteiger partial charge in [0.05, 0.1) is 18.1 Å². The molecule has 0 saturated carbocycles. The van der Waals surface area contributed by atoms with Crippen molar-refractivity contribution in [1.29, 1.82) is 0 Å². The highest BCUT2D eigenvalue weighted by molar-refractivity contribution is 5.67. The molecule has 114 valence electrons. The first-order chi connectivity index (χ1) is 9.99. The van der Waals surface area contributed by atoms with Gasteiger partial charge >= 0.3 is 5.97 Å². The van der Waals surface area contributed by atoms with Crippen molar-refractivity contribution in [2.24, 2.45) is 5.92 Å². The van der Waals surface area contributed by atoms with Crippen LogP contribution in [-0.2, 0) is 4.79 Å². The third kappa shape index (κ3) is 3.84. The number of anilines is 1. The smallest absolute Gasteiger partial charge is 0.303 e. The van der Waals surface area contributed by atoms with Crippen LogP contribution >= 0.6 is 0 Å². The highest BCUT2D eigenvalue weighted by atomic mass is 16.6. The largest absolute Gasteiger partial charge is 0.496 e. The van der Waals surface area contributed by atoms with E-state index >= 15 is 0 Å². The minimum absolute atomic E-state index is 0.0234. The molecule has 1 aliphatic heterocycles. The number of hydrogen-bond donors (Lipinski definition) is 1. The van der Waals surface area contributed by atoms with Crippen LogP contribution < -0.4 is 9.64 Å². The Balaban J connectivity index is 2.21. The van der Waals surface area contributed by atoms with E-state index in [-0.39, 0.29) is 18.0 Å². The second-order valence-corrected chi connectivity index (χ2v) is 5.20. The van der Waals surface area contributed by atoms with Gasteiger partial charge in [0.15, 0.2) is 0 Å². The lowest BCUT2D eigenvalue weighted by atomic mass is 9.94. The average Bonchev–Trinajstić information content (AvgIpc) is 2.46. The van der Waals surface area contributed by atoms with Crippen LogP contribution in [0.3, 0.4) is 0 Å². The first-order valence-electron chi connectivity index (χ1n) is 6.80. The van der Waals surface area contributed by atoms with E-state index in [9.17, 15) is 14.9 Å². The highest BCUT2D eigenvalue weighted by Crippen LogP contribution is 2.31. The minimum Gasteiger partial charge on any atom is -0.496 e. The van der Waals surface area contributed by atoms with Crippen molar-refractivity contribution < 1.29 is 19.6 Å². The third-order valence-corrected chi connectivity index (χ3v) is 3.67. The molecule has 21 heavy (non-hydrogen) atoms. The zero-order chi connectivity index (χ0) is 15.4. The molecule has 0 amide bonds. The van der Waals surface area contributed by atoms with E-state index < -0.39 is 10.9 Å². The van der Waals surface area contributed by atoms with Gasteiger partial charge in [-0.25, -0.2) is 0 Å². The number of piperidine rings is 1. The lowest BCUT2D eigenvalue weighted by Crippen LogP contribution is -2.36. The van der Waals surface area contributed by atoms with Crippen molar-refractivity contribution in [1.82, 2.24) is 0 Å². The molecular formula is C14H18N2O5. The number of nitro benzene ring substituents is 1. The molecule has 1 aliphatic rings. The number of non-ortho nitro benzene ring substituents is 1. The van der Waals surface area contributed by atoms with Gasteiger partial charge in [0.2, 0.25) is 0 Å². The summed E-state index contributed by atoms with van der Waals surface area (Å²) in [6.07, 6.45) is 1.88. The predicted molar refractivity (Wildman–Crippen MR) is 76.8 cm³/mol. The van der Waals surface area contributed by atoms with Gasteiger partial charge in [0, 0.05) is 37.3 Å². The van der Waals surface area contributed by atoms with Crippen molar-refractivity contribution in [2.45, 2.75) is 19.3 Å². The van der Waals surface area contributed by atoms with Crippen LogP contribution in [0.15, 0.2) is 18.2 Å². The van der Waals surface area contributed by atoms with E-state index in [2.05, 4.69) is 0 Å². The lowest BCUT2D eigenvalue weighted by molar-refractivity contribution is -0.384. The monoisotopic (exact) mass is 294 g/mol. The summed E-state index contributed by atoms with van der Waals surface area (Å²) in [5.41, 5.74) is 0.681. The van der Waals surface area contributed by atoms with E-state index in [4.69, 9.17) is 9.84 Å². The molecule has 1 aromatic carbocycles. The molecule has 7 heteroatoms. The Labute approximate surface area is 122 Å². The van der Waals surface area contributed by atoms with Crippen LogP contribution in [0.25, 0.3) is 0 Å². The van der Waals surface area contributed by atoms with Crippen molar-refractivity contribution in [3.8, 4) is 5.75 Å². The highest BCUT2D eigenvalue weighted by Gasteiger charge is 2.24. The molecule has 0 bridgehead atoms. The first kappa shape index (κ1) is 15.1. The maximum absolute atomic E-state index is 11.0. The summed E-state index contributed by atoms with van der Waals surface area (Å²) in [5.74, 6) is -0.306. The van der Waals surface area contributed by atoms with Crippen LogP contribution in [-0.4, -0.2) is 36.2 Å². The molecule has 0 radical (unpaired) electrons. The number of nitrogens with zero attached hydrogens (tertiary/aromatic N) is 2. The predicted octanol–water partition coefficient (Wildman–Crippen LogP) is 2.29. The van der Waals surface area contributed by atoms with Crippen molar-refractivity contribution >= 4 is 17.3 Å². The maximum Gasteiger partial charge on any atom is 0.303 e. The van der Waals surface area contributed by atoms with E-state index in [0.717, 1.165) is 19.4 Å². The quantitative estimate of drug-likeness (QED) is 0.661. The SMILES string of the molecule is COc1cc(N2CCCC(CC(=O)O)C2)cc([N+](=O)[O-])c1. The Morgan fingerprint density at radius 2 is 2.29 bits per heavy atom. The van der Waals surface area contributed by atoms with E-state index in [1.807, 2.05) is 4.90 Å². The number of methoxy groups -OCH3 is 1. The molecule has 1 fully saturated rings. The number of carboxylic acids is 1. The number of aliphatic carboxylic acids is 1. The summed E-state index contributed by atoms with van der Waals surface area (Å²) in [4.78, 5) is 23.3. The Kier molecular flexibility index (Phi) is 4.62. The molecule has 2 rings (SSSR count). The summed E-state index contributed by atoms with van der Waals surface area (Å²) in [6, 6.07) is 4.63. The fourth-order valence-electron chi connectivity index (χ4n) is 2.69. The molecule has 0 spiro atoms. The molecule has 1 N–H and O–H groups in total. The van der Waals surface area contributed by atoms with Crippen LogP contribution in [0.2, 0.25) is 0 Å². The summed E-state index contributed by atoms with van der Waals surface area (Å²) in [7, 11) is 1.46. The Bertz CT molecular complexity index is 546. The second kappa shape index (κ2) is 6.43. The van der Waals surface area contributed by atoms with Gasteiger partial charge in [0.25, 0.3) is 5.69 Å². The normalized spacial score (nSPS) is 18.3. The van der Waals surface area contributed by atoms with Crippen LogP contribution in [0, 0.1) is 16.0 Å². The summed E-state index contributed by atoms with van der Waals surface area (Å²) < 4.78 is 5.10.